The fourth-order valence-corrected chi connectivity index (χ4v) is 1.84. The molecule has 0 spiro atoms. The van der Waals surface area contributed by atoms with Gasteiger partial charge >= 0.3 is 0 Å². The zero-order chi connectivity index (χ0) is 13.0. The summed E-state index contributed by atoms with van der Waals surface area (Å²) in [5.41, 5.74) is 1.06. The van der Waals surface area contributed by atoms with Crippen LogP contribution in [-0.4, -0.2) is 16.0 Å². The Bertz CT molecular complexity index is 527. The molecule has 0 unspecified atom stereocenters. The van der Waals surface area contributed by atoms with Gasteiger partial charge in [0, 0.05) is 6.42 Å². The second-order valence-corrected chi connectivity index (χ2v) is 4.08. The Morgan fingerprint density at radius 1 is 0.889 bits per heavy atom. The second kappa shape index (κ2) is 5.36. The molecular formula is C15H14O3. The lowest BCUT2D eigenvalue weighted by Gasteiger charge is -2.06. The molecule has 2 rings (SSSR count). The maximum absolute atomic E-state index is 11.9. The van der Waals surface area contributed by atoms with Crippen LogP contribution in [0.3, 0.4) is 0 Å². The molecule has 0 radical (unpaired) electrons. The third-order valence-corrected chi connectivity index (χ3v) is 2.78. The van der Waals surface area contributed by atoms with Crippen LogP contribution in [0.15, 0.2) is 48.5 Å². The van der Waals surface area contributed by atoms with E-state index >= 15 is 0 Å². The van der Waals surface area contributed by atoms with Crippen LogP contribution >= 0.6 is 0 Å². The standard InChI is InChI=1S/C15H14O3/c16-12-7-4-8-13(17)15(12)14(18)10-9-11-5-2-1-3-6-11/h1-8,16-17H,9-10H2. The maximum atomic E-state index is 11.9. The van der Waals surface area contributed by atoms with E-state index < -0.39 is 0 Å². The van der Waals surface area contributed by atoms with E-state index in [-0.39, 0.29) is 29.3 Å². The Hall–Kier alpha value is -2.29. The van der Waals surface area contributed by atoms with Crippen LogP contribution in [-0.2, 0) is 6.42 Å². The Labute approximate surface area is 105 Å². The van der Waals surface area contributed by atoms with Crippen molar-refractivity contribution < 1.29 is 15.0 Å². The van der Waals surface area contributed by atoms with Gasteiger partial charge in [0.25, 0.3) is 0 Å². The number of Topliss-reactive ketones (excluding diaryl/α,β-unsaturated/α-hetero) is 1. The number of rotatable bonds is 4. The smallest absolute Gasteiger partial charge is 0.170 e. The van der Waals surface area contributed by atoms with Gasteiger partial charge in [-0.2, -0.15) is 0 Å². The Balaban J connectivity index is 2.09. The highest BCUT2D eigenvalue weighted by atomic mass is 16.3. The minimum atomic E-state index is -0.255. The summed E-state index contributed by atoms with van der Waals surface area (Å²) < 4.78 is 0. The third kappa shape index (κ3) is 2.69. The lowest BCUT2D eigenvalue weighted by atomic mass is 10.0. The van der Waals surface area contributed by atoms with Crippen molar-refractivity contribution in [1.29, 1.82) is 0 Å². The van der Waals surface area contributed by atoms with Gasteiger partial charge in [0.15, 0.2) is 5.78 Å². The zero-order valence-corrected chi connectivity index (χ0v) is 9.84. The van der Waals surface area contributed by atoms with E-state index in [1.54, 1.807) is 0 Å². The summed E-state index contributed by atoms with van der Waals surface area (Å²) in [5.74, 6) is -0.601. The predicted octanol–water partition coefficient (Wildman–Crippen LogP) is 2.91. The molecule has 3 heteroatoms. The first kappa shape index (κ1) is 12.2. The molecular weight excluding hydrogens is 228 g/mol. The molecule has 0 aliphatic rings. The van der Waals surface area contributed by atoms with Gasteiger partial charge in [-0.3, -0.25) is 4.79 Å². The van der Waals surface area contributed by atoms with Crippen LogP contribution in [0.4, 0.5) is 0 Å². The van der Waals surface area contributed by atoms with Gasteiger partial charge in [-0.25, -0.2) is 0 Å². The summed E-state index contributed by atoms with van der Waals surface area (Å²) in [7, 11) is 0. The van der Waals surface area contributed by atoms with E-state index in [4.69, 9.17) is 0 Å². The third-order valence-electron chi connectivity index (χ3n) is 2.78. The van der Waals surface area contributed by atoms with E-state index in [2.05, 4.69) is 0 Å². The number of aromatic hydroxyl groups is 2. The SMILES string of the molecule is O=C(CCc1ccccc1)c1c(O)cccc1O. The molecule has 0 saturated heterocycles. The number of hydrogen-bond acceptors (Lipinski definition) is 3. The van der Waals surface area contributed by atoms with Crippen LogP contribution in [0, 0.1) is 0 Å². The average molecular weight is 242 g/mol. The van der Waals surface area contributed by atoms with Gasteiger partial charge in [0.05, 0.1) is 0 Å². The van der Waals surface area contributed by atoms with Crippen molar-refractivity contribution in [3.8, 4) is 11.5 Å². The van der Waals surface area contributed by atoms with Crippen molar-refractivity contribution in [2.45, 2.75) is 12.8 Å². The quantitative estimate of drug-likeness (QED) is 0.810. The summed E-state index contributed by atoms with van der Waals surface area (Å²) in [4.78, 5) is 11.9. The molecule has 2 N–H and O–H groups in total. The molecule has 0 atom stereocenters. The fourth-order valence-electron chi connectivity index (χ4n) is 1.84. The monoisotopic (exact) mass is 242 g/mol. The highest BCUT2D eigenvalue weighted by Gasteiger charge is 2.15. The zero-order valence-electron chi connectivity index (χ0n) is 9.84. The number of carbonyl (C=O) groups excluding carboxylic acids is 1. The van der Waals surface area contributed by atoms with E-state index in [0.29, 0.717) is 6.42 Å². The van der Waals surface area contributed by atoms with Crippen molar-refractivity contribution >= 4 is 5.78 Å². The molecule has 0 saturated carbocycles. The van der Waals surface area contributed by atoms with E-state index in [9.17, 15) is 15.0 Å². The van der Waals surface area contributed by atoms with Crippen molar-refractivity contribution in [1.82, 2.24) is 0 Å². The lowest BCUT2D eigenvalue weighted by Crippen LogP contribution is -2.02. The average Bonchev–Trinajstić information content (AvgIpc) is 2.37. The second-order valence-electron chi connectivity index (χ2n) is 4.08. The topological polar surface area (TPSA) is 57.5 Å². The van der Waals surface area contributed by atoms with Gasteiger partial charge in [-0.1, -0.05) is 36.4 Å². The molecule has 0 aliphatic heterocycles. The molecule has 3 nitrogen and oxygen atoms in total. The minimum absolute atomic E-state index is 0.00781. The van der Waals surface area contributed by atoms with Gasteiger partial charge in [0.2, 0.25) is 0 Å². The van der Waals surface area contributed by atoms with Crippen molar-refractivity contribution in [2.75, 3.05) is 0 Å². The molecule has 18 heavy (non-hydrogen) atoms. The first-order chi connectivity index (χ1) is 8.68. The normalized spacial score (nSPS) is 10.2. The Morgan fingerprint density at radius 3 is 2.11 bits per heavy atom. The number of benzene rings is 2. The van der Waals surface area contributed by atoms with Crippen LogP contribution in [0.5, 0.6) is 11.5 Å². The van der Waals surface area contributed by atoms with Crippen molar-refractivity contribution in [3.05, 3.63) is 59.7 Å². The van der Waals surface area contributed by atoms with E-state index in [1.807, 2.05) is 30.3 Å². The molecule has 0 bridgehead atoms. The first-order valence-corrected chi connectivity index (χ1v) is 5.76. The summed E-state index contributed by atoms with van der Waals surface area (Å²) in [6.07, 6.45) is 0.850. The predicted molar refractivity (Wildman–Crippen MR) is 68.9 cm³/mol. The van der Waals surface area contributed by atoms with Crippen molar-refractivity contribution in [2.24, 2.45) is 0 Å². The molecule has 0 fully saturated rings. The summed E-state index contributed by atoms with van der Waals surface area (Å²) in [6, 6.07) is 13.9. The highest BCUT2D eigenvalue weighted by molar-refractivity contribution is 6.01. The minimum Gasteiger partial charge on any atom is -0.507 e. The number of phenols is 2. The number of carbonyl (C=O) groups is 1. The lowest BCUT2D eigenvalue weighted by molar-refractivity contribution is 0.0977. The summed E-state index contributed by atoms with van der Waals surface area (Å²) in [6.45, 7) is 0. The number of hydrogen-bond donors (Lipinski definition) is 2. The Kier molecular flexibility index (Phi) is 3.63. The van der Waals surface area contributed by atoms with Crippen LogP contribution in [0.1, 0.15) is 22.3 Å². The first-order valence-electron chi connectivity index (χ1n) is 5.76. The van der Waals surface area contributed by atoms with E-state index in [0.717, 1.165) is 5.56 Å². The number of aryl methyl sites for hydroxylation is 1. The maximum Gasteiger partial charge on any atom is 0.170 e. The molecule has 92 valence electrons. The van der Waals surface area contributed by atoms with Gasteiger partial charge in [0.1, 0.15) is 17.1 Å². The number of ketones is 1. The van der Waals surface area contributed by atoms with Gasteiger partial charge in [-0.05, 0) is 24.1 Å². The van der Waals surface area contributed by atoms with Crippen molar-refractivity contribution in [3.63, 3.8) is 0 Å². The molecule has 0 aromatic heterocycles. The van der Waals surface area contributed by atoms with Crippen LogP contribution in [0.2, 0.25) is 0 Å². The van der Waals surface area contributed by atoms with Crippen LogP contribution in [0.25, 0.3) is 0 Å². The molecule has 0 amide bonds. The van der Waals surface area contributed by atoms with Crippen LogP contribution < -0.4 is 0 Å². The van der Waals surface area contributed by atoms with Gasteiger partial charge < -0.3 is 10.2 Å². The number of phenolic OH excluding ortho intramolecular Hbond substituents is 2. The molecule has 2 aromatic carbocycles. The van der Waals surface area contributed by atoms with Gasteiger partial charge in [-0.15, -0.1) is 0 Å². The highest BCUT2D eigenvalue weighted by Crippen LogP contribution is 2.27. The molecule has 0 aliphatic carbocycles. The summed E-state index contributed by atoms with van der Waals surface area (Å²) in [5, 5.41) is 19.2. The van der Waals surface area contributed by atoms with E-state index in [1.165, 1.54) is 18.2 Å². The Morgan fingerprint density at radius 2 is 1.50 bits per heavy atom. The fraction of sp³-hybridized carbons (Fsp3) is 0.133. The molecule has 0 heterocycles. The molecule has 2 aromatic rings. The largest absolute Gasteiger partial charge is 0.507 e. The summed E-state index contributed by atoms with van der Waals surface area (Å²) >= 11 is 0.